The monoisotopic (exact) mass is 294 g/mol. The van der Waals surface area contributed by atoms with Crippen molar-refractivity contribution in [3.05, 3.63) is 23.8 Å². The van der Waals surface area contributed by atoms with Gasteiger partial charge in [-0.3, -0.25) is 14.4 Å². The molecule has 1 aromatic rings. The van der Waals surface area contributed by atoms with Gasteiger partial charge in [0, 0.05) is 12.0 Å². The Morgan fingerprint density at radius 2 is 1.95 bits per heavy atom. The number of hydrogen-bond donors (Lipinski definition) is 2. The van der Waals surface area contributed by atoms with E-state index < -0.39 is 11.9 Å². The highest BCUT2D eigenvalue weighted by molar-refractivity contribution is 5.98. The molecule has 0 aliphatic carbocycles. The molecule has 0 saturated carbocycles. The van der Waals surface area contributed by atoms with Crippen LogP contribution in [-0.4, -0.2) is 31.5 Å². The minimum atomic E-state index is -0.611. The summed E-state index contributed by atoms with van der Waals surface area (Å²) < 4.78 is 9.82. The van der Waals surface area contributed by atoms with Gasteiger partial charge < -0.3 is 20.5 Å². The van der Waals surface area contributed by atoms with Gasteiger partial charge >= 0.3 is 5.97 Å². The molecule has 0 atom stereocenters. The van der Waals surface area contributed by atoms with Crippen LogP contribution in [0.15, 0.2) is 18.2 Å². The molecule has 0 aliphatic rings. The molecular formula is C14H18N2O5. The van der Waals surface area contributed by atoms with Crippen molar-refractivity contribution in [2.24, 2.45) is 5.73 Å². The summed E-state index contributed by atoms with van der Waals surface area (Å²) in [6.45, 7) is 1.97. The molecule has 2 amide bonds. The summed E-state index contributed by atoms with van der Waals surface area (Å²) in [7, 11) is 1.44. The highest BCUT2D eigenvalue weighted by Gasteiger charge is 2.12. The van der Waals surface area contributed by atoms with Gasteiger partial charge in [0.1, 0.15) is 5.75 Å². The van der Waals surface area contributed by atoms with E-state index in [9.17, 15) is 14.4 Å². The normalized spacial score (nSPS) is 9.81. The van der Waals surface area contributed by atoms with Crippen LogP contribution < -0.4 is 15.8 Å². The fourth-order valence-corrected chi connectivity index (χ4v) is 1.62. The molecule has 3 N–H and O–H groups in total. The SMILES string of the molecule is CCOC(=O)CCC(=O)Nc1cc(C(N)=O)ccc1OC. The van der Waals surface area contributed by atoms with E-state index >= 15 is 0 Å². The number of hydrogen-bond acceptors (Lipinski definition) is 5. The lowest BCUT2D eigenvalue weighted by atomic mass is 10.1. The number of amides is 2. The molecule has 0 aliphatic heterocycles. The maximum Gasteiger partial charge on any atom is 0.306 e. The van der Waals surface area contributed by atoms with Crippen molar-refractivity contribution in [1.29, 1.82) is 0 Å². The number of carbonyl (C=O) groups excluding carboxylic acids is 3. The van der Waals surface area contributed by atoms with Crippen LogP contribution in [-0.2, 0) is 14.3 Å². The van der Waals surface area contributed by atoms with Crippen molar-refractivity contribution in [3.8, 4) is 5.75 Å². The van der Waals surface area contributed by atoms with E-state index in [4.69, 9.17) is 15.2 Å². The lowest BCUT2D eigenvalue weighted by Crippen LogP contribution is -2.16. The van der Waals surface area contributed by atoms with Crippen molar-refractivity contribution >= 4 is 23.5 Å². The molecule has 21 heavy (non-hydrogen) atoms. The van der Waals surface area contributed by atoms with Crippen LogP contribution >= 0.6 is 0 Å². The van der Waals surface area contributed by atoms with Crippen molar-refractivity contribution in [2.45, 2.75) is 19.8 Å². The zero-order chi connectivity index (χ0) is 15.8. The first-order valence-corrected chi connectivity index (χ1v) is 6.41. The van der Waals surface area contributed by atoms with E-state index in [1.54, 1.807) is 6.92 Å². The standard InChI is InChI=1S/C14H18N2O5/c1-3-21-13(18)7-6-12(17)16-10-8-9(14(15)19)4-5-11(10)20-2/h4-5,8H,3,6-7H2,1-2H3,(H2,15,19)(H,16,17). The minimum Gasteiger partial charge on any atom is -0.495 e. The molecule has 0 bridgehead atoms. The lowest BCUT2D eigenvalue weighted by Gasteiger charge is -2.11. The van der Waals surface area contributed by atoms with E-state index in [0.29, 0.717) is 11.4 Å². The minimum absolute atomic E-state index is 0.0164. The van der Waals surface area contributed by atoms with Gasteiger partial charge in [-0.05, 0) is 25.1 Å². The zero-order valence-electron chi connectivity index (χ0n) is 12.0. The molecule has 7 nitrogen and oxygen atoms in total. The fourth-order valence-electron chi connectivity index (χ4n) is 1.62. The molecule has 0 unspecified atom stereocenters. The molecule has 1 rings (SSSR count). The summed E-state index contributed by atoms with van der Waals surface area (Å²) in [5.41, 5.74) is 5.75. The van der Waals surface area contributed by atoms with Gasteiger partial charge in [0.25, 0.3) is 0 Å². The van der Waals surface area contributed by atoms with Crippen LogP contribution in [0.2, 0.25) is 0 Å². The number of rotatable bonds is 7. The van der Waals surface area contributed by atoms with Crippen LogP contribution in [0, 0.1) is 0 Å². The molecule has 0 saturated heterocycles. The second kappa shape index (κ2) is 7.88. The average Bonchev–Trinajstić information content (AvgIpc) is 2.45. The third kappa shape index (κ3) is 5.13. The summed E-state index contributed by atoms with van der Waals surface area (Å²) in [4.78, 5) is 34.1. The predicted octanol–water partition coefficient (Wildman–Crippen LogP) is 1.08. The number of ether oxygens (including phenoxy) is 2. The Morgan fingerprint density at radius 1 is 1.24 bits per heavy atom. The first-order chi connectivity index (χ1) is 9.97. The van der Waals surface area contributed by atoms with Crippen LogP contribution in [0.25, 0.3) is 0 Å². The molecule has 0 heterocycles. The lowest BCUT2D eigenvalue weighted by molar-refractivity contribution is -0.144. The van der Waals surface area contributed by atoms with Crippen molar-refractivity contribution in [3.63, 3.8) is 0 Å². The highest BCUT2D eigenvalue weighted by atomic mass is 16.5. The number of benzene rings is 1. The molecule has 0 radical (unpaired) electrons. The Morgan fingerprint density at radius 3 is 2.52 bits per heavy atom. The Hall–Kier alpha value is -2.57. The van der Waals surface area contributed by atoms with E-state index in [2.05, 4.69) is 5.32 Å². The summed E-state index contributed by atoms with van der Waals surface area (Å²) >= 11 is 0. The first kappa shape index (κ1) is 16.5. The van der Waals surface area contributed by atoms with Crippen molar-refractivity contribution < 1.29 is 23.9 Å². The number of esters is 1. The van der Waals surface area contributed by atoms with Crippen LogP contribution in [0.5, 0.6) is 5.75 Å². The van der Waals surface area contributed by atoms with Crippen molar-refractivity contribution in [2.75, 3.05) is 19.0 Å². The van der Waals surface area contributed by atoms with Gasteiger partial charge in [-0.15, -0.1) is 0 Å². The maximum absolute atomic E-state index is 11.8. The molecular weight excluding hydrogens is 276 g/mol. The third-order valence-corrected chi connectivity index (χ3v) is 2.62. The Bertz CT molecular complexity index is 542. The summed E-state index contributed by atoms with van der Waals surface area (Å²) in [6.07, 6.45) is -0.0414. The highest BCUT2D eigenvalue weighted by Crippen LogP contribution is 2.25. The van der Waals surface area contributed by atoms with Gasteiger partial charge in [-0.1, -0.05) is 0 Å². The van der Waals surface area contributed by atoms with E-state index in [-0.39, 0.29) is 30.9 Å². The van der Waals surface area contributed by atoms with Gasteiger partial charge in [0.2, 0.25) is 11.8 Å². The largest absolute Gasteiger partial charge is 0.495 e. The number of methoxy groups -OCH3 is 1. The number of nitrogens with one attached hydrogen (secondary N) is 1. The third-order valence-electron chi connectivity index (χ3n) is 2.62. The van der Waals surface area contributed by atoms with Gasteiger partial charge in [-0.2, -0.15) is 0 Å². The first-order valence-electron chi connectivity index (χ1n) is 6.41. The molecule has 1 aromatic carbocycles. The van der Waals surface area contributed by atoms with E-state index in [1.807, 2.05) is 0 Å². The molecule has 7 heteroatoms. The Kier molecular flexibility index (Phi) is 6.19. The second-order valence-electron chi connectivity index (χ2n) is 4.13. The maximum atomic E-state index is 11.8. The smallest absolute Gasteiger partial charge is 0.306 e. The van der Waals surface area contributed by atoms with Gasteiger partial charge in [0.05, 0.1) is 25.8 Å². The molecule has 0 aromatic heterocycles. The van der Waals surface area contributed by atoms with Crippen molar-refractivity contribution in [1.82, 2.24) is 0 Å². The number of anilines is 1. The number of primary amides is 1. The van der Waals surface area contributed by atoms with Gasteiger partial charge in [-0.25, -0.2) is 0 Å². The topological polar surface area (TPSA) is 108 Å². The fraction of sp³-hybridized carbons (Fsp3) is 0.357. The number of nitrogens with two attached hydrogens (primary N) is 1. The summed E-state index contributed by atoms with van der Waals surface area (Å²) in [6, 6.07) is 4.44. The molecule has 0 fully saturated rings. The van der Waals surface area contributed by atoms with Gasteiger partial charge in [0.15, 0.2) is 0 Å². The average molecular weight is 294 g/mol. The summed E-state index contributed by atoms with van der Waals surface area (Å²) in [5.74, 6) is -1.04. The Balaban J connectivity index is 2.72. The van der Waals surface area contributed by atoms with Crippen LogP contribution in [0.1, 0.15) is 30.1 Å². The molecule has 114 valence electrons. The quantitative estimate of drug-likeness (QED) is 0.731. The second-order valence-corrected chi connectivity index (χ2v) is 4.13. The number of carbonyl (C=O) groups is 3. The zero-order valence-corrected chi connectivity index (χ0v) is 12.0. The predicted molar refractivity (Wildman–Crippen MR) is 76.0 cm³/mol. The van der Waals surface area contributed by atoms with E-state index in [0.717, 1.165) is 0 Å². The van der Waals surface area contributed by atoms with E-state index in [1.165, 1.54) is 25.3 Å². The Labute approximate surface area is 122 Å². The summed E-state index contributed by atoms with van der Waals surface area (Å²) in [5, 5.41) is 2.57. The van der Waals surface area contributed by atoms with Crippen LogP contribution in [0.3, 0.4) is 0 Å². The van der Waals surface area contributed by atoms with Crippen LogP contribution in [0.4, 0.5) is 5.69 Å². The molecule has 0 spiro atoms.